The summed E-state index contributed by atoms with van der Waals surface area (Å²) in [6, 6.07) is 84.9. The Labute approximate surface area is 468 Å². The Kier molecular flexibility index (Phi) is 10.5. The first-order valence-corrected chi connectivity index (χ1v) is 29.2. The van der Waals surface area contributed by atoms with Gasteiger partial charge in [-0.15, -0.1) is 0 Å². The fourth-order valence-electron chi connectivity index (χ4n) is 16.3. The normalized spacial score (nSPS) is 20.1. The number of benzene rings is 10. The Balaban J connectivity index is 0.835. The maximum atomic E-state index is 7.41. The lowest BCUT2D eigenvalue weighted by Gasteiger charge is -2.61. The average molecular weight is 1040 g/mol. The first-order chi connectivity index (χ1) is 39.1. The van der Waals surface area contributed by atoms with Crippen molar-refractivity contribution in [2.45, 2.75) is 76.0 Å². The van der Waals surface area contributed by atoms with Crippen molar-refractivity contribution >= 4 is 78.0 Å². The molecule has 0 N–H and O–H groups in total. The number of rotatable bonds is 10. The molecule has 4 saturated carbocycles. The van der Waals surface area contributed by atoms with Crippen LogP contribution in [0.25, 0.3) is 55.0 Å². The zero-order valence-corrected chi connectivity index (χ0v) is 46.0. The molecule has 0 saturated heterocycles. The van der Waals surface area contributed by atoms with E-state index in [9.17, 15) is 0 Å². The molecule has 4 nitrogen and oxygen atoms in total. The highest BCUT2D eigenvalue weighted by Crippen LogP contribution is 2.71. The van der Waals surface area contributed by atoms with Gasteiger partial charge in [-0.2, -0.15) is 0 Å². The summed E-state index contributed by atoms with van der Waals surface area (Å²) in [5.74, 6) is 2.76. The van der Waals surface area contributed by atoms with E-state index in [1.807, 2.05) is 0 Å². The molecule has 390 valence electrons. The number of fused-ring (bicyclic) bond motifs is 11. The number of furan rings is 2. The van der Waals surface area contributed by atoms with E-state index in [1.165, 1.54) is 92.8 Å². The zero-order chi connectivity index (χ0) is 53.5. The molecule has 1 spiro atoms. The summed E-state index contributed by atoms with van der Waals surface area (Å²) in [7, 11) is 0. The largest absolute Gasteiger partial charge is 0.456 e. The molecule has 80 heavy (non-hydrogen) atoms. The summed E-state index contributed by atoms with van der Waals surface area (Å²) in [4.78, 5) is 4.74. The SMILES string of the molecule is CC(C)(c1ccccc1)c1ccc(N(c2ccccc2)c2ccc3c(c2)oc2c4c(ccc23)C2(c3c-4ccc4oc5cc(N(c6ccccc6)c6ccc(C(C)(C)c7ccccc7)cc6)ccc5c34)C3CC4CC(C3)CC2C4)cc1. The van der Waals surface area contributed by atoms with E-state index in [2.05, 4.69) is 268 Å². The predicted octanol–water partition coefficient (Wildman–Crippen LogP) is 20.8. The van der Waals surface area contributed by atoms with Crippen molar-refractivity contribution in [1.29, 1.82) is 0 Å². The molecule has 4 heteroatoms. The molecule has 10 aromatic carbocycles. The van der Waals surface area contributed by atoms with Crippen molar-refractivity contribution in [3.05, 3.63) is 264 Å². The molecule has 5 aliphatic rings. The zero-order valence-electron chi connectivity index (χ0n) is 46.0. The second-order valence-corrected chi connectivity index (χ2v) is 24.9. The number of hydrogen-bond acceptors (Lipinski definition) is 4. The number of anilines is 6. The van der Waals surface area contributed by atoms with Crippen molar-refractivity contribution in [3.8, 4) is 11.1 Å². The van der Waals surface area contributed by atoms with Crippen LogP contribution in [-0.2, 0) is 16.2 Å². The molecule has 2 aromatic heterocycles. The van der Waals surface area contributed by atoms with Crippen LogP contribution in [0.4, 0.5) is 34.1 Å². The summed E-state index contributed by atoms with van der Waals surface area (Å²) in [5.41, 5.74) is 20.7. The molecule has 0 aliphatic heterocycles. The van der Waals surface area contributed by atoms with Crippen molar-refractivity contribution in [3.63, 3.8) is 0 Å². The van der Waals surface area contributed by atoms with Gasteiger partial charge in [0.2, 0.25) is 0 Å². The van der Waals surface area contributed by atoms with Gasteiger partial charge in [-0.3, -0.25) is 0 Å². The van der Waals surface area contributed by atoms with E-state index >= 15 is 0 Å². The molecular formula is C76H64N2O2. The van der Waals surface area contributed by atoms with E-state index in [-0.39, 0.29) is 16.2 Å². The molecule has 0 unspecified atom stereocenters. The summed E-state index contributed by atoms with van der Waals surface area (Å²) in [6.45, 7) is 9.25. The minimum absolute atomic E-state index is 0.123. The van der Waals surface area contributed by atoms with Crippen LogP contribution < -0.4 is 9.80 Å². The molecule has 0 atom stereocenters. The monoisotopic (exact) mass is 1040 g/mol. The predicted molar refractivity (Wildman–Crippen MR) is 331 cm³/mol. The van der Waals surface area contributed by atoms with E-state index in [0.717, 1.165) is 73.7 Å². The van der Waals surface area contributed by atoms with Gasteiger partial charge in [0, 0.05) is 89.6 Å². The van der Waals surface area contributed by atoms with Gasteiger partial charge in [-0.1, -0.05) is 167 Å². The quantitative estimate of drug-likeness (QED) is 0.137. The molecule has 0 amide bonds. The third-order valence-electron chi connectivity index (χ3n) is 20.0. The van der Waals surface area contributed by atoms with Crippen LogP contribution in [0.2, 0.25) is 0 Å². The van der Waals surface area contributed by atoms with Gasteiger partial charge in [0.15, 0.2) is 0 Å². The van der Waals surface area contributed by atoms with Crippen molar-refractivity contribution in [2.75, 3.05) is 9.80 Å². The minimum Gasteiger partial charge on any atom is -0.456 e. The first kappa shape index (κ1) is 47.4. The smallest absolute Gasteiger partial charge is 0.143 e. The summed E-state index contributed by atoms with van der Waals surface area (Å²) < 4.78 is 14.6. The van der Waals surface area contributed by atoms with E-state index < -0.39 is 0 Å². The van der Waals surface area contributed by atoms with Crippen LogP contribution >= 0.6 is 0 Å². The Morgan fingerprint density at radius 2 is 0.800 bits per heavy atom. The minimum atomic E-state index is -0.140. The van der Waals surface area contributed by atoms with Crippen LogP contribution in [0.15, 0.2) is 239 Å². The number of hydrogen-bond donors (Lipinski definition) is 0. The van der Waals surface area contributed by atoms with Crippen LogP contribution in [0.1, 0.15) is 93.2 Å². The Morgan fingerprint density at radius 1 is 0.375 bits per heavy atom. The second-order valence-electron chi connectivity index (χ2n) is 24.9. The van der Waals surface area contributed by atoms with Gasteiger partial charge >= 0.3 is 0 Å². The molecule has 4 fully saturated rings. The number of para-hydroxylation sites is 2. The Bertz CT molecular complexity index is 4320. The van der Waals surface area contributed by atoms with Crippen molar-refractivity contribution in [1.82, 2.24) is 0 Å². The Morgan fingerprint density at radius 3 is 1.31 bits per heavy atom. The fourth-order valence-corrected chi connectivity index (χ4v) is 16.3. The Hall–Kier alpha value is -8.60. The molecular weight excluding hydrogens is 973 g/mol. The third-order valence-corrected chi connectivity index (χ3v) is 20.0. The fraction of sp³-hybridized carbons (Fsp3) is 0.211. The van der Waals surface area contributed by atoms with Crippen LogP contribution in [0.3, 0.4) is 0 Å². The second kappa shape index (κ2) is 17.7. The molecule has 12 aromatic rings. The van der Waals surface area contributed by atoms with Crippen LogP contribution in [-0.4, -0.2) is 0 Å². The highest BCUT2D eigenvalue weighted by Gasteiger charge is 2.62. The highest BCUT2D eigenvalue weighted by molar-refractivity contribution is 6.17. The summed E-state index contributed by atoms with van der Waals surface area (Å²) >= 11 is 0. The van der Waals surface area contributed by atoms with E-state index in [1.54, 1.807) is 0 Å². The molecule has 5 aliphatic carbocycles. The van der Waals surface area contributed by atoms with Crippen molar-refractivity contribution in [2.24, 2.45) is 23.7 Å². The average Bonchev–Trinajstić information content (AvgIpc) is 2.73. The van der Waals surface area contributed by atoms with Gasteiger partial charge in [0.25, 0.3) is 0 Å². The summed E-state index contributed by atoms with van der Waals surface area (Å²) in [5, 5.41) is 4.80. The van der Waals surface area contributed by atoms with Crippen molar-refractivity contribution < 1.29 is 8.83 Å². The molecule has 2 heterocycles. The van der Waals surface area contributed by atoms with Gasteiger partial charge in [-0.25, -0.2) is 0 Å². The highest BCUT2D eigenvalue weighted by atomic mass is 16.3. The van der Waals surface area contributed by atoms with Gasteiger partial charge in [0.1, 0.15) is 22.3 Å². The van der Waals surface area contributed by atoms with Crippen LogP contribution in [0, 0.1) is 23.7 Å². The lowest BCUT2D eigenvalue weighted by Crippen LogP contribution is -2.55. The first-order valence-electron chi connectivity index (χ1n) is 29.2. The lowest BCUT2D eigenvalue weighted by atomic mass is 9.43. The maximum Gasteiger partial charge on any atom is 0.143 e. The lowest BCUT2D eigenvalue weighted by molar-refractivity contribution is -0.0393. The van der Waals surface area contributed by atoms with Gasteiger partial charge < -0.3 is 18.6 Å². The van der Waals surface area contributed by atoms with Gasteiger partial charge in [-0.05, 0) is 174 Å². The molecule has 0 radical (unpaired) electrons. The topological polar surface area (TPSA) is 32.8 Å². The third kappa shape index (κ3) is 7.00. The van der Waals surface area contributed by atoms with E-state index in [4.69, 9.17) is 8.83 Å². The number of nitrogens with zero attached hydrogens (tertiary/aromatic N) is 2. The maximum absolute atomic E-state index is 7.41. The van der Waals surface area contributed by atoms with Crippen LogP contribution in [0.5, 0.6) is 0 Å². The standard InChI is InChI=1S/C76H64N2O2/c1-74(2,50-17-9-5-10-18-50)52-25-29-58(30-26-52)77(56-21-13-7-14-22-56)60-33-35-62-63-37-39-66-70(73(63)80-68(62)46-60)65-38-40-67-71(72(65)76(66)54-42-48-41-49(44-54)45-55(76)43-48)64-36-34-61(47-69(64)79-67)78(57-23-15-8-16-24-57)59-31-27-53(28-32-59)75(3,4)51-19-11-6-12-20-51/h5-40,46-49,54-55H,41-45H2,1-4H3. The van der Waals surface area contributed by atoms with E-state index in [0.29, 0.717) is 11.8 Å². The van der Waals surface area contributed by atoms with Gasteiger partial charge in [0.05, 0.1) is 0 Å². The molecule has 4 bridgehead atoms. The summed E-state index contributed by atoms with van der Waals surface area (Å²) in [6.07, 6.45) is 6.55. The molecule has 17 rings (SSSR count).